The van der Waals surface area contributed by atoms with Crippen LogP contribution in [0.3, 0.4) is 0 Å². The van der Waals surface area contributed by atoms with Crippen molar-refractivity contribution in [2.24, 2.45) is 0 Å². The Morgan fingerprint density at radius 1 is 1.15 bits per heavy atom. The Morgan fingerprint density at radius 3 is 2.00 bits per heavy atom. The first-order chi connectivity index (χ1) is 5.84. The molecule has 0 aliphatic heterocycles. The number of rotatable bonds is 1. The lowest BCUT2D eigenvalue weighted by Gasteiger charge is -2.21. The third-order valence-corrected chi connectivity index (χ3v) is 2.05. The van der Waals surface area contributed by atoms with Crippen LogP contribution in [0.1, 0.15) is 52.3 Å². The minimum Gasteiger partial charge on any atom is -0.312 e. The average molecular weight is 181 g/mol. The average Bonchev–Trinajstić information content (AvgIpc) is 2.28. The zero-order valence-corrected chi connectivity index (χ0v) is 9.42. The first kappa shape index (κ1) is 10.2. The molecule has 1 heterocycles. The van der Waals surface area contributed by atoms with Crippen LogP contribution >= 0.6 is 0 Å². The third kappa shape index (κ3) is 1.90. The van der Waals surface area contributed by atoms with Crippen molar-refractivity contribution >= 4 is 0 Å². The SMILES string of the molecule is Cc1nnc(C(C)(C)C)n1C(C)C. The van der Waals surface area contributed by atoms with Gasteiger partial charge in [0.1, 0.15) is 11.6 Å². The molecule has 0 spiro atoms. The highest BCUT2D eigenvalue weighted by Crippen LogP contribution is 2.23. The molecule has 0 bridgehead atoms. The summed E-state index contributed by atoms with van der Waals surface area (Å²) in [5, 5.41) is 8.34. The van der Waals surface area contributed by atoms with Crippen molar-refractivity contribution in [3.8, 4) is 0 Å². The summed E-state index contributed by atoms with van der Waals surface area (Å²) < 4.78 is 2.19. The Kier molecular flexibility index (Phi) is 2.46. The summed E-state index contributed by atoms with van der Waals surface area (Å²) in [4.78, 5) is 0. The molecular formula is C10H19N3. The standard InChI is InChI=1S/C10H19N3/c1-7(2)13-8(3)11-12-9(13)10(4,5)6/h7H,1-6H3. The van der Waals surface area contributed by atoms with Gasteiger partial charge in [-0.25, -0.2) is 0 Å². The van der Waals surface area contributed by atoms with E-state index in [0.717, 1.165) is 11.6 Å². The summed E-state index contributed by atoms with van der Waals surface area (Å²) in [6.45, 7) is 12.8. The van der Waals surface area contributed by atoms with E-state index in [1.807, 2.05) is 6.92 Å². The van der Waals surface area contributed by atoms with Crippen LogP contribution < -0.4 is 0 Å². The molecule has 0 radical (unpaired) electrons. The molecule has 1 aromatic rings. The Bertz CT molecular complexity index is 292. The van der Waals surface area contributed by atoms with Crippen LogP contribution in [-0.2, 0) is 5.41 Å². The molecule has 0 saturated heterocycles. The normalized spacial score (nSPS) is 12.5. The van der Waals surface area contributed by atoms with E-state index in [0.29, 0.717) is 6.04 Å². The van der Waals surface area contributed by atoms with Crippen molar-refractivity contribution in [3.63, 3.8) is 0 Å². The van der Waals surface area contributed by atoms with Gasteiger partial charge in [0.25, 0.3) is 0 Å². The van der Waals surface area contributed by atoms with E-state index in [1.165, 1.54) is 0 Å². The number of aromatic nitrogens is 3. The lowest BCUT2D eigenvalue weighted by atomic mass is 9.95. The Labute approximate surface area is 80.2 Å². The lowest BCUT2D eigenvalue weighted by Crippen LogP contribution is -2.20. The lowest BCUT2D eigenvalue weighted by molar-refractivity contribution is 0.463. The third-order valence-electron chi connectivity index (χ3n) is 2.05. The summed E-state index contributed by atoms with van der Waals surface area (Å²) in [6.07, 6.45) is 0. The second kappa shape index (κ2) is 3.13. The summed E-state index contributed by atoms with van der Waals surface area (Å²) in [6, 6.07) is 0.434. The predicted octanol–water partition coefficient (Wildman–Crippen LogP) is 2.46. The molecule has 0 unspecified atom stereocenters. The molecule has 74 valence electrons. The maximum atomic E-state index is 4.22. The Balaban J connectivity index is 3.23. The molecule has 1 rings (SSSR count). The van der Waals surface area contributed by atoms with E-state index in [4.69, 9.17) is 0 Å². The van der Waals surface area contributed by atoms with Gasteiger partial charge in [-0.2, -0.15) is 0 Å². The molecule has 0 amide bonds. The fourth-order valence-electron chi connectivity index (χ4n) is 1.50. The van der Waals surface area contributed by atoms with E-state index in [2.05, 4.69) is 49.4 Å². The number of hydrogen-bond donors (Lipinski definition) is 0. The zero-order chi connectivity index (χ0) is 10.2. The highest BCUT2D eigenvalue weighted by Gasteiger charge is 2.23. The number of aryl methyl sites for hydroxylation is 1. The van der Waals surface area contributed by atoms with Gasteiger partial charge in [0.15, 0.2) is 0 Å². The maximum Gasteiger partial charge on any atom is 0.138 e. The molecule has 3 nitrogen and oxygen atoms in total. The van der Waals surface area contributed by atoms with Gasteiger partial charge in [-0.15, -0.1) is 10.2 Å². The molecular weight excluding hydrogens is 162 g/mol. The van der Waals surface area contributed by atoms with E-state index in [9.17, 15) is 0 Å². The number of nitrogens with zero attached hydrogens (tertiary/aromatic N) is 3. The molecule has 13 heavy (non-hydrogen) atoms. The van der Waals surface area contributed by atoms with Crippen LogP contribution in [0.5, 0.6) is 0 Å². The molecule has 3 heteroatoms. The van der Waals surface area contributed by atoms with Crippen LogP contribution in [0.15, 0.2) is 0 Å². The summed E-state index contributed by atoms with van der Waals surface area (Å²) >= 11 is 0. The zero-order valence-electron chi connectivity index (χ0n) is 9.42. The number of hydrogen-bond acceptors (Lipinski definition) is 2. The molecule has 1 aromatic heterocycles. The molecule has 0 aromatic carbocycles. The van der Waals surface area contributed by atoms with Gasteiger partial charge in [0, 0.05) is 11.5 Å². The highest BCUT2D eigenvalue weighted by atomic mass is 15.3. The van der Waals surface area contributed by atoms with Gasteiger partial charge in [-0.1, -0.05) is 20.8 Å². The van der Waals surface area contributed by atoms with Crippen molar-refractivity contribution in [1.82, 2.24) is 14.8 Å². The van der Waals surface area contributed by atoms with Crippen LogP contribution in [0.2, 0.25) is 0 Å². The first-order valence-corrected chi connectivity index (χ1v) is 4.76. The van der Waals surface area contributed by atoms with Crippen molar-refractivity contribution < 1.29 is 0 Å². The van der Waals surface area contributed by atoms with Gasteiger partial charge in [-0.05, 0) is 20.8 Å². The van der Waals surface area contributed by atoms with E-state index >= 15 is 0 Å². The minimum absolute atomic E-state index is 0.0749. The summed E-state index contributed by atoms with van der Waals surface area (Å²) in [5.74, 6) is 2.07. The fourth-order valence-corrected chi connectivity index (χ4v) is 1.50. The molecule has 0 fully saturated rings. The molecule has 0 aliphatic rings. The quantitative estimate of drug-likeness (QED) is 0.666. The largest absolute Gasteiger partial charge is 0.312 e. The topological polar surface area (TPSA) is 30.7 Å². The van der Waals surface area contributed by atoms with Gasteiger partial charge >= 0.3 is 0 Å². The molecule has 0 N–H and O–H groups in total. The first-order valence-electron chi connectivity index (χ1n) is 4.76. The van der Waals surface area contributed by atoms with E-state index in [-0.39, 0.29) is 5.41 Å². The van der Waals surface area contributed by atoms with Crippen molar-refractivity contribution in [2.45, 2.75) is 53.0 Å². The van der Waals surface area contributed by atoms with Crippen LogP contribution in [0.25, 0.3) is 0 Å². The molecule has 0 aliphatic carbocycles. The van der Waals surface area contributed by atoms with Crippen molar-refractivity contribution in [3.05, 3.63) is 11.6 Å². The monoisotopic (exact) mass is 181 g/mol. The predicted molar refractivity (Wildman–Crippen MR) is 53.8 cm³/mol. The second-order valence-corrected chi connectivity index (χ2v) is 4.78. The minimum atomic E-state index is 0.0749. The summed E-state index contributed by atoms with van der Waals surface area (Å²) in [5.41, 5.74) is 0.0749. The van der Waals surface area contributed by atoms with Gasteiger partial charge in [-0.3, -0.25) is 0 Å². The van der Waals surface area contributed by atoms with Gasteiger partial charge in [0.05, 0.1) is 0 Å². The Hall–Kier alpha value is -0.860. The second-order valence-electron chi connectivity index (χ2n) is 4.78. The maximum absolute atomic E-state index is 4.22. The fraction of sp³-hybridized carbons (Fsp3) is 0.800. The van der Waals surface area contributed by atoms with Crippen LogP contribution in [-0.4, -0.2) is 14.8 Å². The smallest absolute Gasteiger partial charge is 0.138 e. The van der Waals surface area contributed by atoms with Crippen LogP contribution in [0, 0.1) is 6.92 Å². The summed E-state index contributed by atoms with van der Waals surface area (Å²) in [7, 11) is 0. The molecule has 0 saturated carbocycles. The van der Waals surface area contributed by atoms with Crippen molar-refractivity contribution in [1.29, 1.82) is 0 Å². The van der Waals surface area contributed by atoms with Gasteiger partial charge in [0.2, 0.25) is 0 Å². The Morgan fingerprint density at radius 2 is 1.69 bits per heavy atom. The molecule has 0 atom stereocenters. The van der Waals surface area contributed by atoms with E-state index < -0.39 is 0 Å². The highest BCUT2D eigenvalue weighted by molar-refractivity contribution is 5.06. The van der Waals surface area contributed by atoms with E-state index in [1.54, 1.807) is 0 Å². The van der Waals surface area contributed by atoms with Crippen LogP contribution in [0.4, 0.5) is 0 Å². The van der Waals surface area contributed by atoms with Gasteiger partial charge < -0.3 is 4.57 Å². The van der Waals surface area contributed by atoms with Crippen molar-refractivity contribution in [2.75, 3.05) is 0 Å².